The second kappa shape index (κ2) is 3.63. The summed E-state index contributed by atoms with van der Waals surface area (Å²) in [5, 5.41) is 0.789. The van der Waals surface area contributed by atoms with E-state index in [-0.39, 0.29) is 10.5 Å². The molecule has 3 rings (SSSR count). The largest absolute Gasteiger partial charge is 0.368 e. The molecule has 2 aliphatic rings. The third-order valence-electron chi connectivity index (χ3n) is 3.73. The molecule has 1 aromatic carbocycles. The Labute approximate surface area is 106 Å². The van der Waals surface area contributed by atoms with Crippen molar-refractivity contribution in [3.63, 3.8) is 0 Å². The van der Waals surface area contributed by atoms with Crippen LogP contribution in [0.25, 0.3) is 0 Å². The number of epoxide rings is 1. The van der Waals surface area contributed by atoms with Crippen LogP contribution in [0.2, 0.25) is 5.02 Å². The molecule has 1 atom stereocenters. The fourth-order valence-electron chi connectivity index (χ4n) is 2.28. The van der Waals surface area contributed by atoms with E-state index >= 15 is 0 Å². The zero-order valence-corrected chi connectivity index (χ0v) is 10.5. The molecule has 1 aliphatic heterocycles. The van der Waals surface area contributed by atoms with Gasteiger partial charge in [0.05, 0.1) is 11.5 Å². The number of ether oxygens (including phenoxy) is 1. The molecule has 1 heterocycles. The molecule has 1 saturated carbocycles. The van der Waals surface area contributed by atoms with Gasteiger partial charge in [0.25, 0.3) is 0 Å². The van der Waals surface area contributed by atoms with Crippen molar-refractivity contribution in [2.45, 2.75) is 36.2 Å². The van der Waals surface area contributed by atoms with Crippen molar-refractivity contribution in [1.29, 1.82) is 0 Å². The molecule has 3 heteroatoms. The number of aryl methyl sites for hydroxylation is 1. The van der Waals surface area contributed by atoms with E-state index in [1.807, 2.05) is 12.1 Å². The van der Waals surface area contributed by atoms with Crippen LogP contribution in [0.3, 0.4) is 0 Å². The number of halogens is 2. The molecule has 86 valence electrons. The molecule has 1 saturated heterocycles. The van der Waals surface area contributed by atoms with Gasteiger partial charge in [-0.25, -0.2) is 0 Å². The predicted octanol–water partition coefficient (Wildman–Crippen LogP) is 3.81. The molecule has 16 heavy (non-hydrogen) atoms. The van der Waals surface area contributed by atoms with Crippen LogP contribution in [-0.4, -0.2) is 17.1 Å². The molecule has 1 unspecified atom stereocenters. The Balaban J connectivity index is 1.63. The van der Waals surface area contributed by atoms with Gasteiger partial charge in [-0.3, -0.25) is 0 Å². The molecule has 0 radical (unpaired) electrons. The molecule has 1 nitrogen and oxygen atoms in total. The van der Waals surface area contributed by atoms with Gasteiger partial charge in [-0.05, 0) is 43.4 Å². The van der Waals surface area contributed by atoms with Gasteiger partial charge in [0.15, 0.2) is 0 Å². The maximum absolute atomic E-state index is 6.44. The Hall–Kier alpha value is -0.240. The van der Waals surface area contributed by atoms with E-state index in [9.17, 15) is 0 Å². The normalized spacial score (nSPS) is 30.1. The summed E-state index contributed by atoms with van der Waals surface area (Å²) >= 11 is 12.3. The van der Waals surface area contributed by atoms with E-state index in [4.69, 9.17) is 27.9 Å². The first-order valence-electron chi connectivity index (χ1n) is 5.71. The van der Waals surface area contributed by atoms with Crippen LogP contribution < -0.4 is 0 Å². The SMILES string of the molecule is Clc1ccc(CCC2(C3(Cl)CC3)CO2)cc1. The summed E-state index contributed by atoms with van der Waals surface area (Å²) in [5.74, 6) is 0. The zero-order chi connectivity index (χ0) is 11.2. The summed E-state index contributed by atoms with van der Waals surface area (Å²) in [6, 6.07) is 8.02. The maximum Gasteiger partial charge on any atom is 0.111 e. The lowest BCUT2D eigenvalue weighted by Gasteiger charge is -2.16. The van der Waals surface area contributed by atoms with Gasteiger partial charge in [-0.2, -0.15) is 0 Å². The van der Waals surface area contributed by atoms with Crippen LogP contribution in [0, 0.1) is 0 Å². The Morgan fingerprint density at radius 1 is 1.19 bits per heavy atom. The Bertz CT molecular complexity index is 391. The van der Waals surface area contributed by atoms with Gasteiger partial charge in [0, 0.05) is 5.02 Å². The first-order valence-corrected chi connectivity index (χ1v) is 6.47. The molecular formula is C13H14Cl2O. The smallest absolute Gasteiger partial charge is 0.111 e. The second-order valence-corrected chi connectivity index (χ2v) is 6.03. The van der Waals surface area contributed by atoms with Crippen LogP contribution in [0.15, 0.2) is 24.3 Å². The van der Waals surface area contributed by atoms with Crippen molar-refractivity contribution in [2.24, 2.45) is 0 Å². The quantitative estimate of drug-likeness (QED) is 0.590. The van der Waals surface area contributed by atoms with Gasteiger partial charge >= 0.3 is 0 Å². The molecule has 0 spiro atoms. The van der Waals surface area contributed by atoms with Crippen LogP contribution in [0.1, 0.15) is 24.8 Å². The van der Waals surface area contributed by atoms with E-state index in [0.29, 0.717) is 0 Å². The fraction of sp³-hybridized carbons (Fsp3) is 0.538. The highest BCUT2D eigenvalue weighted by Crippen LogP contribution is 2.60. The van der Waals surface area contributed by atoms with Gasteiger partial charge < -0.3 is 4.74 Å². The van der Waals surface area contributed by atoms with Crippen molar-refractivity contribution < 1.29 is 4.74 Å². The Kier molecular flexibility index (Phi) is 2.47. The topological polar surface area (TPSA) is 12.5 Å². The maximum atomic E-state index is 6.44. The van der Waals surface area contributed by atoms with Crippen molar-refractivity contribution in [2.75, 3.05) is 6.61 Å². The molecule has 0 amide bonds. The fourth-order valence-corrected chi connectivity index (χ4v) is 2.70. The number of hydrogen-bond donors (Lipinski definition) is 0. The van der Waals surface area contributed by atoms with E-state index in [2.05, 4.69) is 12.1 Å². The Morgan fingerprint density at radius 3 is 2.31 bits per heavy atom. The lowest BCUT2D eigenvalue weighted by molar-refractivity contribution is 0.271. The first kappa shape index (κ1) is 10.9. The number of benzene rings is 1. The minimum Gasteiger partial charge on any atom is -0.368 e. The highest BCUT2D eigenvalue weighted by atomic mass is 35.5. The van der Waals surface area contributed by atoms with Crippen LogP contribution >= 0.6 is 23.2 Å². The molecule has 0 aromatic heterocycles. The average Bonchev–Trinajstić information content (AvgIpc) is 3.15. The van der Waals surface area contributed by atoms with Crippen molar-refractivity contribution in [3.8, 4) is 0 Å². The summed E-state index contributed by atoms with van der Waals surface area (Å²) in [7, 11) is 0. The van der Waals surface area contributed by atoms with Crippen LogP contribution in [0.4, 0.5) is 0 Å². The molecule has 1 aromatic rings. The molecule has 2 fully saturated rings. The van der Waals surface area contributed by atoms with Crippen molar-refractivity contribution >= 4 is 23.2 Å². The predicted molar refractivity (Wildman–Crippen MR) is 66.3 cm³/mol. The standard InChI is InChI=1S/C13H14Cl2O/c14-11-3-1-10(2-4-11)5-6-13(9-16-13)12(15)7-8-12/h1-4H,5-9H2. The van der Waals surface area contributed by atoms with Crippen molar-refractivity contribution in [1.82, 2.24) is 0 Å². The third kappa shape index (κ3) is 1.85. The van der Waals surface area contributed by atoms with E-state index in [1.54, 1.807) is 0 Å². The van der Waals surface area contributed by atoms with Gasteiger partial charge in [0.2, 0.25) is 0 Å². The lowest BCUT2D eigenvalue weighted by Crippen LogP contribution is -2.27. The average molecular weight is 257 g/mol. The lowest BCUT2D eigenvalue weighted by atomic mass is 9.95. The van der Waals surface area contributed by atoms with E-state index in [1.165, 1.54) is 5.56 Å². The van der Waals surface area contributed by atoms with Gasteiger partial charge in [-0.1, -0.05) is 23.7 Å². The summed E-state index contributed by atoms with van der Waals surface area (Å²) in [6.07, 6.45) is 4.26. The second-order valence-electron chi connectivity index (χ2n) is 4.87. The highest BCUT2D eigenvalue weighted by Gasteiger charge is 2.66. The number of rotatable bonds is 4. The summed E-state index contributed by atoms with van der Waals surface area (Å²) in [5.41, 5.74) is 1.29. The minimum absolute atomic E-state index is 0.0197. The van der Waals surface area contributed by atoms with E-state index < -0.39 is 0 Å². The Morgan fingerprint density at radius 2 is 1.81 bits per heavy atom. The first-order chi connectivity index (χ1) is 7.64. The minimum atomic E-state index is -0.0422. The molecular weight excluding hydrogens is 243 g/mol. The van der Waals surface area contributed by atoms with Crippen LogP contribution in [-0.2, 0) is 11.2 Å². The summed E-state index contributed by atoms with van der Waals surface area (Å²) in [4.78, 5) is -0.0422. The zero-order valence-electron chi connectivity index (χ0n) is 9.01. The summed E-state index contributed by atoms with van der Waals surface area (Å²) < 4.78 is 5.61. The number of alkyl halides is 1. The van der Waals surface area contributed by atoms with E-state index in [0.717, 1.165) is 37.3 Å². The van der Waals surface area contributed by atoms with Crippen LogP contribution in [0.5, 0.6) is 0 Å². The van der Waals surface area contributed by atoms with Gasteiger partial charge in [-0.15, -0.1) is 11.6 Å². The highest BCUT2D eigenvalue weighted by molar-refractivity contribution is 6.30. The monoisotopic (exact) mass is 256 g/mol. The summed E-state index contributed by atoms with van der Waals surface area (Å²) in [6.45, 7) is 0.837. The molecule has 0 bridgehead atoms. The number of hydrogen-bond acceptors (Lipinski definition) is 1. The van der Waals surface area contributed by atoms with Crippen molar-refractivity contribution in [3.05, 3.63) is 34.9 Å². The molecule has 1 aliphatic carbocycles. The third-order valence-corrected chi connectivity index (χ3v) is 4.70. The molecule has 0 N–H and O–H groups in total. The van der Waals surface area contributed by atoms with Gasteiger partial charge in [0.1, 0.15) is 5.60 Å².